The number of hydrogen-bond donors (Lipinski definition) is 2. The molecule has 0 spiro atoms. The molecule has 1 rings (SSSR count). The van der Waals surface area contributed by atoms with Gasteiger partial charge < -0.3 is 15.2 Å². The van der Waals surface area contributed by atoms with Crippen LogP contribution in [0.25, 0.3) is 0 Å². The molecule has 0 aromatic heterocycles. The molecule has 0 fully saturated rings. The van der Waals surface area contributed by atoms with Gasteiger partial charge in [-0.15, -0.1) is 0 Å². The van der Waals surface area contributed by atoms with Crippen LogP contribution in [-0.2, 0) is 0 Å². The summed E-state index contributed by atoms with van der Waals surface area (Å²) in [5.41, 5.74) is 3.41. The highest BCUT2D eigenvalue weighted by molar-refractivity contribution is 5.61. The Morgan fingerprint density at radius 3 is 2.62 bits per heavy atom. The van der Waals surface area contributed by atoms with Crippen molar-refractivity contribution in [3.05, 3.63) is 23.3 Å². The van der Waals surface area contributed by atoms with Crippen molar-refractivity contribution in [1.82, 2.24) is 0 Å². The van der Waals surface area contributed by atoms with E-state index >= 15 is 0 Å². The maximum atomic E-state index is 8.70. The number of benzene rings is 1. The monoisotopic (exact) mass is 223 g/mol. The van der Waals surface area contributed by atoms with Gasteiger partial charge in [0.15, 0.2) is 0 Å². The van der Waals surface area contributed by atoms with Crippen LogP contribution >= 0.6 is 0 Å². The molecule has 0 heterocycles. The van der Waals surface area contributed by atoms with Crippen LogP contribution in [0.4, 0.5) is 5.69 Å². The summed E-state index contributed by atoms with van der Waals surface area (Å²) >= 11 is 0. The second-order valence-corrected chi connectivity index (χ2v) is 4.02. The normalized spacial score (nSPS) is 10.2. The number of methoxy groups -OCH3 is 1. The lowest BCUT2D eigenvalue weighted by Gasteiger charge is -2.14. The summed E-state index contributed by atoms with van der Waals surface area (Å²) in [7, 11) is 1.69. The quantitative estimate of drug-likeness (QED) is 0.728. The highest BCUT2D eigenvalue weighted by Crippen LogP contribution is 2.29. The minimum atomic E-state index is 0.256. The molecule has 1 aromatic rings. The van der Waals surface area contributed by atoms with Gasteiger partial charge in [-0.1, -0.05) is 6.07 Å². The van der Waals surface area contributed by atoms with Crippen LogP contribution < -0.4 is 10.1 Å². The van der Waals surface area contributed by atoms with E-state index in [2.05, 4.69) is 24.4 Å². The second-order valence-electron chi connectivity index (χ2n) is 4.02. The molecular weight excluding hydrogens is 202 g/mol. The summed E-state index contributed by atoms with van der Waals surface area (Å²) in [6.45, 7) is 5.24. The van der Waals surface area contributed by atoms with E-state index in [1.807, 2.05) is 6.92 Å². The summed E-state index contributed by atoms with van der Waals surface area (Å²) < 4.78 is 5.38. The second kappa shape index (κ2) is 6.38. The van der Waals surface area contributed by atoms with Crippen molar-refractivity contribution in [3.8, 4) is 5.75 Å². The van der Waals surface area contributed by atoms with Crippen LogP contribution in [0.3, 0.4) is 0 Å². The smallest absolute Gasteiger partial charge is 0.144 e. The number of ether oxygens (including phenoxy) is 1. The summed E-state index contributed by atoms with van der Waals surface area (Å²) in [5, 5.41) is 12.0. The molecule has 16 heavy (non-hydrogen) atoms. The Bertz CT molecular complexity index is 337. The molecule has 0 aliphatic heterocycles. The largest absolute Gasteiger partial charge is 0.494 e. The number of hydrogen-bond acceptors (Lipinski definition) is 3. The third-order valence-electron chi connectivity index (χ3n) is 2.52. The molecule has 0 saturated heterocycles. The Hall–Kier alpha value is -1.22. The molecule has 0 aliphatic rings. The molecule has 1 aromatic carbocycles. The molecule has 2 N–H and O–H groups in total. The van der Waals surface area contributed by atoms with Crippen molar-refractivity contribution >= 4 is 5.69 Å². The van der Waals surface area contributed by atoms with Gasteiger partial charge in [-0.25, -0.2) is 0 Å². The lowest BCUT2D eigenvalue weighted by atomic mass is 10.1. The first-order valence-electron chi connectivity index (χ1n) is 5.69. The van der Waals surface area contributed by atoms with E-state index < -0.39 is 0 Å². The molecule has 0 unspecified atom stereocenters. The highest BCUT2D eigenvalue weighted by atomic mass is 16.5. The topological polar surface area (TPSA) is 41.5 Å². The van der Waals surface area contributed by atoms with Crippen LogP contribution in [0.15, 0.2) is 12.1 Å². The van der Waals surface area contributed by atoms with E-state index in [4.69, 9.17) is 9.84 Å². The maximum Gasteiger partial charge on any atom is 0.144 e. The van der Waals surface area contributed by atoms with E-state index in [0.29, 0.717) is 0 Å². The number of aliphatic hydroxyl groups is 1. The number of aliphatic hydroxyl groups excluding tert-OH is 1. The average molecular weight is 223 g/mol. The first-order valence-corrected chi connectivity index (χ1v) is 5.69. The maximum absolute atomic E-state index is 8.70. The number of unbranched alkanes of at least 4 members (excludes halogenated alkanes) is 1. The van der Waals surface area contributed by atoms with Crippen LogP contribution in [-0.4, -0.2) is 25.4 Å². The third-order valence-corrected chi connectivity index (χ3v) is 2.52. The molecule has 0 bridgehead atoms. The molecule has 0 amide bonds. The van der Waals surface area contributed by atoms with E-state index in [0.717, 1.165) is 36.4 Å². The van der Waals surface area contributed by atoms with Crippen molar-refractivity contribution in [2.45, 2.75) is 26.7 Å². The van der Waals surface area contributed by atoms with Crippen molar-refractivity contribution in [2.24, 2.45) is 0 Å². The predicted octanol–water partition coefficient (Wildman–Crippen LogP) is 2.50. The molecule has 0 radical (unpaired) electrons. The third kappa shape index (κ3) is 3.42. The van der Waals surface area contributed by atoms with Gasteiger partial charge in [0.2, 0.25) is 0 Å². The van der Waals surface area contributed by atoms with Crippen molar-refractivity contribution in [3.63, 3.8) is 0 Å². The van der Waals surface area contributed by atoms with Gasteiger partial charge >= 0.3 is 0 Å². The van der Waals surface area contributed by atoms with E-state index in [-0.39, 0.29) is 6.61 Å². The Kier molecular flexibility index (Phi) is 5.12. The lowest BCUT2D eigenvalue weighted by molar-refractivity contribution is 0.286. The van der Waals surface area contributed by atoms with Crippen LogP contribution in [0.5, 0.6) is 5.75 Å². The van der Waals surface area contributed by atoms with Gasteiger partial charge in [-0.05, 0) is 43.9 Å². The lowest BCUT2D eigenvalue weighted by Crippen LogP contribution is -2.05. The average Bonchev–Trinajstić information content (AvgIpc) is 2.24. The van der Waals surface area contributed by atoms with Gasteiger partial charge in [-0.2, -0.15) is 0 Å². The fourth-order valence-corrected chi connectivity index (χ4v) is 1.82. The fraction of sp³-hybridized carbons (Fsp3) is 0.538. The van der Waals surface area contributed by atoms with Gasteiger partial charge in [-0.3, -0.25) is 0 Å². The Balaban J connectivity index is 2.69. The Labute approximate surface area is 97.4 Å². The summed E-state index contributed by atoms with van der Waals surface area (Å²) in [5.74, 6) is 0.912. The molecule has 3 nitrogen and oxygen atoms in total. The summed E-state index contributed by atoms with van der Waals surface area (Å²) in [6.07, 6.45) is 1.80. The van der Waals surface area contributed by atoms with Crippen molar-refractivity contribution in [2.75, 3.05) is 25.6 Å². The van der Waals surface area contributed by atoms with Crippen molar-refractivity contribution < 1.29 is 9.84 Å². The molecular formula is C13H21NO2. The fourth-order valence-electron chi connectivity index (χ4n) is 1.82. The minimum absolute atomic E-state index is 0.256. The number of aryl methyl sites for hydroxylation is 2. The van der Waals surface area contributed by atoms with E-state index in [1.54, 1.807) is 7.11 Å². The van der Waals surface area contributed by atoms with Gasteiger partial charge in [0.25, 0.3) is 0 Å². The SMILES string of the molecule is COc1c(C)cc(C)cc1NCCCCO. The highest BCUT2D eigenvalue weighted by Gasteiger charge is 2.06. The first kappa shape index (κ1) is 12.8. The van der Waals surface area contributed by atoms with E-state index in [9.17, 15) is 0 Å². The first-order chi connectivity index (χ1) is 7.69. The zero-order chi connectivity index (χ0) is 12.0. The molecule has 3 heteroatoms. The molecule has 90 valence electrons. The summed E-state index contributed by atoms with van der Waals surface area (Å²) in [4.78, 5) is 0. The Morgan fingerprint density at radius 2 is 2.00 bits per heavy atom. The zero-order valence-corrected chi connectivity index (χ0v) is 10.3. The molecule has 0 atom stereocenters. The van der Waals surface area contributed by atoms with Gasteiger partial charge in [0.1, 0.15) is 5.75 Å². The van der Waals surface area contributed by atoms with Gasteiger partial charge in [0, 0.05) is 13.2 Å². The molecule has 0 saturated carbocycles. The number of nitrogens with one attached hydrogen (secondary N) is 1. The van der Waals surface area contributed by atoms with E-state index in [1.165, 1.54) is 5.56 Å². The zero-order valence-electron chi connectivity index (χ0n) is 10.3. The number of anilines is 1. The number of rotatable bonds is 6. The predicted molar refractivity (Wildman–Crippen MR) is 67.3 cm³/mol. The standard InChI is InChI=1S/C13H21NO2/c1-10-8-11(2)13(16-3)12(9-10)14-6-4-5-7-15/h8-9,14-15H,4-7H2,1-3H3. The summed E-state index contributed by atoms with van der Waals surface area (Å²) in [6, 6.07) is 4.20. The van der Waals surface area contributed by atoms with Crippen LogP contribution in [0.1, 0.15) is 24.0 Å². The van der Waals surface area contributed by atoms with Crippen molar-refractivity contribution in [1.29, 1.82) is 0 Å². The minimum Gasteiger partial charge on any atom is -0.494 e. The Morgan fingerprint density at radius 1 is 1.25 bits per heavy atom. The molecule has 0 aliphatic carbocycles. The van der Waals surface area contributed by atoms with Crippen LogP contribution in [0.2, 0.25) is 0 Å². The van der Waals surface area contributed by atoms with Crippen LogP contribution in [0, 0.1) is 13.8 Å². The van der Waals surface area contributed by atoms with Gasteiger partial charge in [0.05, 0.1) is 12.8 Å².